The smallest absolute Gasteiger partial charge is 0.382 e. The lowest BCUT2D eigenvalue weighted by atomic mass is 9.94. The molecular formula is C25H20F3N9O4. The predicted octanol–water partition coefficient (Wildman–Crippen LogP) is 2.16. The Morgan fingerprint density at radius 3 is 2.73 bits per heavy atom. The molecule has 4 aromatic heterocycles. The van der Waals surface area contributed by atoms with Crippen LogP contribution in [0.1, 0.15) is 24.5 Å². The third-order valence-electron chi connectivity index (χ3n) is 6.77. The number of nitrogens with one attached hydrogen (secondary N) is 2. The number of hydrogen-bond acceptors (Lipinski definition) is 9. The average Bonchev–Trinajstić information content (AvgIpc) is 3.67. The number of carbonyl (C=O) groups excluding carboxylic acids is 1. The van der Waals surface area contributed by atoms with Crippen molar-refractivity contribution in [2.24, 2.45) is 0 Å². The minimum atomic E-state index is -4.70. The Bertz CT molecular complexity index is 1820. The zero-order valence-corrected chi connectivity index (χ0v) is 21.1. The van der Waals surface area contributed by atoms with Crippen molar-refractivity contribution in [3.05, 3.63) is 77.0 Å². The van der Waals surface area contributed by atoms with Crippen molar-refractivity contribution in [3.8, 4) is 16.8 Å². The van der Waals surface area contributed by atoms with Gasteiger partial charge in [0, 0.05) is 24.0 Å². The summed E-state index contributed by atoms with van der Waals surface area (Å²) < 4.78 is 46.0. The van der Waals surface area contributed by atoms with E-state index in [2.05, 4.69) is 35.5 Å². The summed E-state index contributed by atoms with van der Waals surface area (Å²) in [4.78, 5) is 34.7. The summed E-state index contributed by atoms with van der Waals surface area (Å²) >= 11 is 0. The zero-order valence-electron chi connectivity index (χ0n) is 21.1. The number of halogens is 3. The predicted molar refractivity (Wildman–Crippen MR) is 136 cm³/mol. The number of hydrogen-bond donors (Lipinski definition) is 3. The lowest BCUT2D eigenvalue weighted by molar-refractivity contribution is -0.167. The van der Waals surface area contributed by atoms with E-state index >= 15 is 0 Å². The summed E-state index contributed by atoms with van der Waals surface area (Å²) in [6.45, 7) is 1.41. The zero-order chi connectivity index (χ0) is 28.9. The van der Waals surface area contributed by atoms with Gasteiger partial charge in [0.1, 0.15) is 11.9 Å². The lowest BCUT2D eigenvalue weighted by Gasteiger charge is -2.40. The second kappa shape index (κ2) is 9.60. The number of morpholine rings is 1. The van der Waals surface area contributed by atoms with Crippen molar-refractivity contribution in [1.82, 2.24) is 40.1 Å². The standard InChI is InChI=1S/C25H20F3N9O4/c1-24(20(38)21-32-17-3-2-13(14-10-29-30-11-14)8-16(17)22(39)33-21)23(40)36(6-7-41-24)19-4-5-37(35-19)15-9-18(25(26,27)28)34-31-12-15/h2-5,8-12,20,38H,6-7H2,1H3,(H,29,30)(H,32,33,39)/t20-,24+/m0/s1. The van der Waals surface area contributed by atoms with Gasteiger partial charge in [-0.1, -0.05) is 6.07 Å². The highest BCUT2D eigenvalue weighted by Crippen LogP contribution is 2.34. The topological polar surface area (TPSA) is 168 Å². The number of amides is 1. The van der Waals surface area contributed by atoms with E-state index in [-0.39, 0.29) is 35.9 Å². The Morgan fingerprint density at radius 1 is 1.15 bits per heavy atom. The molecule has 6 rings (SSSR count). The summed E-state index contributed by atoms with van der Waals surface area (Å²) in [5.41, 5.74) is -1.81. The normalized spacial score (nSPS) is 18.7. The highest BCUT2D eigenvalue weighted by atomic mass is 19.4. The number of fused-ring (bicyclic) bond motifs is 1. The average molecular weight is 567 g/mol. The number of nitrogens with zero attached hydrogens (tertiary/aromatic N) is 7. The van der Waals surface area contributed by atoms with Gasteiger partial charge >= 0.3 is 6.18 Å². The summed E-state index contributed by atoms with van der Waals surface area (Å²) in [5.74, 6) is -0.762. The molecular weight excluding hydrogens is 547 g/mol. The van der Waals surface area contributed by atoms with E-state index in [1.807, 2.05) is 0 Å². The summed E-state index contributed by atoms with van der Waals surface area (Å²) in [5, 5.41) is 28.8. The fraction of sp³-hybridized carbons (Fsp3) is 0.240. The maximum absolute atomic E-state index is 13.6. The second-order valence-corrected chi connectivity index (χ2v) is 9.40. The van der Waals surface area contributed by atoms with E-state index in [9.17, 15) is 27.9 Å². The molecule has 5 heterocycles. The van der Waals surface area contributed by atoms with Gasteiger partial charge in [0.15, 0.2) is 17.1 Å². The van der Waals surface area contributed by atoms with Gasteiger partial charge in [-0.25, -0.2) is 9.67 Å². The highest BCUT2D eigenvalue weighted by Gasteiger charge is 2.49. The van der Waals surface area contributed by atoms with E-state index in [1.54, 1.807) is 30.6 Å². The van der Waals surface area contributed by atoms with Crippen LogP contribution >= 0.6 is 0 Å². The van der Waals surface area contributed by atoms with Gasteiger partial charge in [-0.2, -0.15) is 23.4 Å². The number of aromatic amines is 2. The van der Waals surface area contributed by atoms with Crippen LogP contribution in [-0.4, -0.2) is 69.9 Å². The van der Waals surface area contributed by atoms with Crippen LogP contribution < -0.4 is 10.5 Å². The van der Waals surface area contributed by atoms with Gasteiger partial charge in [0.25, 0.3) is 11.5 Å². The van der Waals surface area contributed by atoms with E-state index < -0.39 is 35.0 Å². The number of aliphatic hydroxyl groups is 1. The molecule has 1 saturated heterocycles. The molecule has 0 unspecified atom stereocenters. The molecule has 1 aliphatic heterocycles. The van der Waals surface area contributed by atoms with Gasteiger partial charge < -0.3 is 14.8 Å². The van der Waals surface area contributed by atoms with Crippen LogP contribution in [0.15, 0.2) is 59.9 Å². The number of H-pyrrole nitrogens is 2. The summed E-state index contributed by atoms with van der Waals surface area (Å²) in [7, 11) is 0. The molecule has 41 heavy (non-hydrogen) atoms. The van der Waals surface area contributed by atoms with Gasteiger partial charge in [0.2, 0.25) is 0 Å². The number of carbonyl (C=O) groups is 1. The molecule has 1 amide bonds. The first kappa shape index (κ1) is 26.3. The number of aliphatic hydroxyl groups excluding tert-OH is 1. The molecule has 13 nitrogen and oxygen atoms in total. The molecule has 0 spiro atoms. The summed E-state index contributed by atoms with van der Waals surface area (Å²) in [6, 6.07) is 7.20. The van der Waals surface area contributed by atoms with Crippen LogP contribution in [0.5, 0.6) is 0 Å². The van der Waals surface area contributed by atoms with Crippen LogP contribution in [0.3, 0.4) is 0 Å². The van der Waals surface area contributed by atoms with Crippen molar-refractivity contribution < 1.29 is 27.8 Å². The van der Waals surface area contributed by atoms with Gasteiger partial charge in [0.05, 0.1) is 42.1 Å². The van der Waals surface area contributed by atoms with Crippen LogP contribution in [-0.2, 0) is 15.7 Å². The van der Waals surface area contributed by atoms with Crippen LogP contribution in [0.4, 0.5) is 19.0 Å². The number of ether oxygens (including phenoxy) is 1. The Morgan fingerprint density at radius 2 is 1.98 bits per heavy atom. The van der Waals surface area contributed by atoms with E-state index in [4.69, 9.17) is 4.74 Å². The van der Waals surface area contributed by atoms with E-state index in [0.717, 1.165) is 28.1 Å². The first-order valence-corrected chi connectivity index (χ1v) is 12.2. The number of alkyl halides is 3. The molecule has 1 aliphatic rings. The minimum absolute atomic E-state index is 0.00688. The van der Waals surface area contributed by atoms with Gasteiger partial charge in [-0.05, 0) is 30.7 Å². The van der Waals surface area contributed by atoms with Crippen LogP contribution in [0, 0.1) is 0 Å². The highest BCUT2D eigenvalue weighted by molar-refractivity contribution is 5.99. The van der Waals surface area contributed by atoms with E-state index in [1.165, 1.54) is 24.1 Å². The number of aromatic nitrogens is 8. The van der Waals surface area contributed by atoms with Crippen LogP contribution in [0.25, 0.3) is 27.7 Å². The molecule has 0 aliphatic carbocycles. The van der Waals surface area contributed by atoms with Crippen LogP contribution in [0.2, 0.25) is 0 Å². The SMILES string of the molecule is C[C@]1([C@@H](O)c2nc3ccc(-c4cn[nH]c4)cc3c(=O)[nH]2)OCCN(c2ccn(-c3cnnc(C(F)(F)F)c3)n2)C1=O. The van der Waals surface area contributed by atoms with Crippen molar-refractivity contribution in [3.63, 3.8) is 0 Å². The maximum atomic E-state index is 13.6. The largest absolute Gasteiger partial charge is 0.435 e. The quantitative estimate of drug-likeness (QED) is 0.288. The van der Waals surface area contributed by atoms with E-state index in [0.29, 0.717) is 5.52 Å². The molecule has 0 radical (unpaired) electrons. The third-order valence-corrected chi connectivity index (χ3v) is 6.77. The Labute approximate surface area is 227 Å². The fourth-order valence-electron chi connectivity index (χ4n) is 4.55. The monoisotopic (exact) mass is 567 g/mol. The molecule has 16 heteroatoms. The second-order valence-electron chi connectivity index (χ2n) is 9.40. The third kappa shape index (κ3) is 4.62. The number of anilines is 1. The molecule has 0 saturated carbocycles. The fourth-order valence-corrected chi connectivity index (χ4v) is 4.55. The molecule has 3 N–H and O–H groups in total. The van der Waals surface area contributed by atoms with Crippen molar-refractivity contribution in [2.75, 3.05) is 18.1 Å². The molecule has 1 fully saturated rings. The number of benzene rings is 1. The molecule has 210 valence electrons. The van der Waals surface area contributed by atoms with Crippen molar-refractivity contribution in [1.29, 1.82) is 0 Å². The Balaban J connectivity index is 1.28. The maximum Gasteiger partial charge on any atom is 0.435 e. The first-order chi connectivity index (χ1) is 19.5. The first-order valence-electron chi connectivity index (χ1n) is 12.2. The number of rotatable bonds is 5. The molecule has 1 aromatic carbocycles. The molecule has 0 bridgehead atoms. The lowest BCUT2D eigenvalue weighted by Crippen LogP contribution is -2.58. The Kier molecular flexibility index (Phi) is 6.15. The summed E-state index contributed by atoms with van der Waals surface area (Å²) in [6.07, 6.45) is -0.627. The Hall–Kier alpha value is -4.96. The molecule has 5 aromatic rings. The van der Waals surface area contributed by atoms with Gasteiger partial charge in [-0.15, -0.1) is 10.2 Å². The van der Waals surface area contributed by atoms with Gasteiger partial charge in [-0.3, -0.25) is 19.6 Å². The van der Waals surface area contributed by atoms with Crippen molar-refractivity contribution >= 4 is 22.6 Å². The molecule has 2 atom stereocenters. The van der Waals surface area contributed by atoms with Crippen molar-refractivity contribution in [2.45, 2.75) is 24.8 Å². The minimum Gasteiger partial charge on any atom is -0.382 e.